The highest BCUT2D eigenvalue weighted by atomic mass is 15.2. The largest absolute Gasteiger partial charge is 0.329 e. The maximum Gasteiger partial charge on any atom is 0.0220 e. The van der Waals surface area contributed by atoms with Crippen molar-refractivity contribution < 1.29 is 0 Å². The topological polar surface area (TPSA) is 29.3 Å². The van der Waals surface area contributed by atoms with E-state index in [9.17, 15) is 0 Å². The molecule has 2 aliphatic rings. The molecule has 0 aromatic rings. The van der Waals surface area contributed by atoms with E-state index in [0.29, 0.717) is 11.5 Å². The Labute approximate surface area is 126 Å². The molecule has 0 aliphatic heterocycles. The summed E-state index contributed by atoms with van der Waals surface area (Å²) in [5, 5.41) is 0. The third kappa shape index (κ3) is 4.46. The van der Waals surface area contributed by atoms with Gasteiger partial charge in [0.15, 0.2) is 0 Å². The normalized spacial score (nSPS) is 26.9. The highest BCUT2D eigenvalue weighted by Crippen LogP contribution is 2.37. The lowest BCUT2D eigenvalue weighted by atomic mass is 9.75. The first-order valence-electron chi connectivity index (χ1n) is 8.94. The van der Waals surface area contributed by atoms with Crippen molar-refractivity contribution in [3.05, 3.63) is 0 Å². The van der Waals surface area contributed by atoms with Crippen LogP contribution < -0.4 is 5.73 Å². The van der Waals surface area contributed by atoms with Crippen LogP contribution in [-0.2, 0) is 0 Å². The van der Waals surface area contributed by atoms with Crippen LogP contribution in [0.4, 0.5) is 0 Å². The molecule has 0 spiro atoms. The second-order valence-electron chi connectivity index (χ2n) is 8.19. The number of nitrogens with two attached hydrogens (primary N) is 1. The molecule has 0 amide bonds. The second kappa shape index (κ2) is 7.26. The zero-order valence-electron chi connectivity index (χ0n) is 14.0. The molecule has 0 bridgehead atoms. The molecule has 2 fully saturated rings. The number of hydrogen-bond donors (Lipinski definition) is 1. The summed E-state index contributed by atoms with van der Waals surface area (Å²) < 4.78 is 0. The van der Waals surface area contributed by atoms with Gasteiger partial charge in [-0.3, -0.25) is 4.90 Å². The first kappa shape index (κ1) is 16.3. The Morgan fingerprint density at radius 3 is 2.20 bits per heavy atom. The molecule has 0 radical (unpaired) electrons. The molecule has 2 N–H and O–H groups in total. The minimum atomic E-state index is 0.568. The Bertz CT molecular complexity index is 271. The zero-order chi connectivity index (χ0) is 14.6. The third-order valence-electron chi connectivity index (χ3n) is 6.06. The SMILES string of the molecule is CN(C1CCC(C)(C)CC1)C(CN)CC1CCCCC1. The van der Waals surface area contributed by atoms with Crippen molar-refractivity contribution in [2.75, 3.05) is 13.6 Å². The van der Waals surface area contributed by atoms with E-state index in [1.165, 1.54) is 64.2 Å². The van der Waals surface area contributed by atoms with E-state index in [1.54, 1.807) is 0 Å². The Hall–Kier alpha value is -0.0800. The standard InChI is InChI=1S/C18H36N2/c1-18(2)11-9-16(10-12-18)20(3)17(14-19)13-15-7-5-4-6-8-15/h15-17H,4-14,19H2,1-3H3. The highest BCUT2D eigenvalue weighted by Gasteiger charge is 2.31. The predicted molar refractivity (Wildman–Crippen MR) is 87.8 cm³/mol. The summed E-state index contributed by atoms with van der Waals surface area (Å²) in [5.41, 5.74) is 6.68. The number of likely N-dealkylation sites (N-methyl/N-ethyl adjacent to an activating group) is 1. The van der Waals surface area contributed by atoms with E-state index in [0.717, 1.165) is 18.5 Å². The summed E-state index contributed by atoms with van der Waals surface area (Å²) in [6.45, 7) is 5.68. The van der Waals surface area contributed by atoms with Gasteiger partial charge in [-0.05, 0) is 50.5 Å². The van der Waals surface area contributed by atoms with Gasteiger partial charge in [0, 0.05) is 18.6 Å². The Morgan fingerprint density at radius 1 is 1.05 bits per heavy atom. The molecule has 118 valence electrons. The minimum absolute atomic E-state index is 0.568. The first-order valence-corrected chi connectivity index (χ1v) is 8.94. The molecule has 2 aliphatic carbocycles. The zero-order valence-corrected chi connectivity index (χ0v) is 14.0. The van der Waals surface area contributed by atoms with Crippen molar-refractivity contribution >= 4 is 0 Å². The van der Waals surface area contributed by atoms with Gasteiger partial charge in [0.1, 0.15) is 0 Å². The Kier molecular flexibility index (Phi) is 5.92. The predicted octanol–water partition coefficient (Wildman–Crippen LogP) is 4.18. The van der Waals surface area contributed by atoms with E-state index in [4.69, 9.17) is 5.73 Å². The lowest BCUT2D eigenvalue weighted by Crippen LogP contribution is -2.47. The van der Waals surface area contributed by atoms with Gasteiger partial charge in [-0.1, -0.05) is 46.0 Å². The summed E-state index contributed by atoms with van der Waals surface area (Å²) in [6.07, 6.45) is 14.1. The van der Waals surface area contributed by atoms with Crippen LogP contribution >= 0.6 is 0 Å². The lowest BCUT2D eigenvalue weighted by molar-refractivity contribution is 0.0828. The fraction of sp³-hybridized carbons (Fsp3) is 1.00. The van der Waals surface area contributed by atoms with E-state index in [2.05, 4.69) is 25.8 Å². The molecule has 1 unspecified atom stereocenters. The maximum atomic E-state index is 6.11. The van der Waals surface area contributed by atoms with Gasteiger partial charge in [-0.15, -0.1) is 0 Å². The first-order chi connectivity index (χ1) is 9.52. The molecular formula is C18H36N2. The van der Waals surface area contributed by atoms with Gasteiger partial charge in [0.25, 0.3) is 0 Å². The lowest BCUT2D eigenvalue weighted by Gasteiger charge is -2.42. The van der Waals surface area contributed by atoms with Gasteiger partial charge >= 0.3 is 0 Å². The number of rotatable bonds is 5. The van der Waals surface area contributed by atoms with Crippen LogP contribution in [0.25, 0.3) is 0 Å². The number of nitrogens with zero attached hydrogens (tertiary/aromatic N) is 1. The maximum absolute atomic E-state index is 6.11. The minimum Gasteiger partial charge on any atom is -0.329 e. The molecular weight excluding hydrogens is 244 g/mol. The summed E-state index contributed by atoms with van der Waals surface area (Å²) in [6, 6.07) is 1.39. The van der Waals surface area contributed by atoms with Gasteiger partial charge in [-0.2, -0.15) is 0 Å². The smallest absolute Gasteiger partial charge is 0.0220 e. The summed E-state index contributed by atoms with van der Waals surface area (Å²) in [4.78, 5) is 2.64. The van der Waals surface area contributed by atoms with Crippen molar-refractivity contribution in [1.82, 2.24) is 4.90 Å². The Balaban J connectivity index is 1.83. The van der Waals surface area contributed by atoms with Crippen LogP contribution in [-0.4, -0.2) is 30.6 Å². The van der Waals surface area contributed by atoms with Crippen LogP contribution in [0, 0.1) is 11.3 Å². The van der Waals surface area contributed by atoms with Gasteiger partial charge in [0.2, 0.25) is 0 Å². The van der Waals surface area contributed by atoms with Crippen molar-refractivity contribution in [1.29, 1.82) is 0 Å². The molecule has 0 aromatic carbocycles. The quantitative estimate of drug-likeness (QED) is 0.818. The van der Waals surface area contributed by atoms with Crippen LogP contribution in [0.2, 0.25) is 0 Å². The Morgan fingerprint density at radius 2 is 1.65 bits per heavy atom. The van der Waals surface area contributed by atoms with Crippen molar-refractivity contribution in [2.45, 2.75) is 90.1 Å². The van der Waals surface area contributed by atoms with Crippen molar-refractivity contribution in [2.24, 2.45) is 17.1 Å². The van der Waals surface area contributed by atoms with Crippen LogP contribution in [0.1, 0.15) is 78.1 Å². The highest BCUT2D eigenvalue weighted by molar-refractivity contribution is 4.86. The average Bonchev–Trinajstić information content (AvgIpc) is 2.45. The van der Waals surface area contributed by atoms with Crippen LogP contribution in [0.15, 0.2) is 0 Å². The van der Waals surface area contributed by atoms with Gasteiger partial charge in [0.05, 0.1) is 0 Å². The number of hydrogen-bond acceptors (Lipinski definition) is 2. The van der Waals surface area contributed by atoms with Crippen LogP contribution in [0.3, 0.4) is 0 Å². The molecule has 2 saturated carbocycles. The molecule has 0 aromatic heterocycles. The molecule has 2 nitrogen and oxygen atoms in total. The van der Waals surface area contributed by atoms with E-state index in [1.807, 2.05) is 0 Å². The van der Waals surface area contributed by atoms with E-state index < -0.39 is 0 Å². The fourth-order valence-corrected chi connectivity index (χ4v) is 4.33. The summed E-state index contributed by atoms with van der Waals surface area (Å²) in [7, 11) is 2.34. The van der Waals surface area contributed by atoms with E-state index in [-0.39, 0.29) is 0 Å². The molecule has 2 rings (SSSR count). The molecule has 20 heavy (non-hydrogen) atoms. The van der Waals surface area contributed by atoms with Gasteiger partial charge < -0.3 is 5.73 Å². The second-order valence-corrected chi connectivity index (χ2v) is 8.19. The van der Waals surface area contributed by atoms with Crippen molar-refractivity contribution in [3.8, 4) is 0 Å². The van der Waals surface area contributed by atoms with Crippen LogP contribution in [0.5, 0.6) is 0 Å². The van der Waals surface area contributed by atoms with E-state index >= 15 is 0 Å². The van der Waals surface area contributed by atoms with Crippen molar-refractivity contribution in [3.63, 3.8) is 0 Å². The fourth-order valence-electron chi connectivity index (χ4n) is 4.33. The molecule has 0 heterocycles. The summed E-state index contributed by atoms with van der Waals surface area (Å²) >= 11 is 0. The summed E-state index contributed by atoms with van der Waals surface area (Å²) in [5.74, 6) is 0.944. The molecule has 1 atom stereocenters. The molecule has 2 heteroatoms. The van der Waals surface area contributed by atoms with Gasteiger partial charge in [-0.25, -0.2) is 0 Å². The third-order valence-corrected chi connectivity index (χ3v) is 6.06. The molecule has 0 saturated heterocycles. The average molecular weight is 280 g/mol. The monoisotopic (exact) mass is 280 g/mol.